The zero-order valence-corrected chi connectivity index (χ0v) is 15.5. The summed E-state index contributed by atoms with van der Waals surface area (Å²) in [5.41, 5.74) is 6.41. The molecule has 3 rings (SSSR count). The zero-order valence-electron chi connectivity index (χ0n) is 15.5. The van der Waals surface area contributed by atoms with E-state index in [1.54, 1.807) is 7.11 Å². The highest BCUT2D eigenvalue weighted by atomic mass is 16.5. The summed E-state index contributed by atoms with van der Waals surface area (Å²) in [4.78, 5) is 15.8. The molecule has 2 aliphatic heterocycles. The van der Waals surface area contributed by atoms with Crippen LogP contribution in [-0.2, 0) is 9.53 Å². The van der Waals surface area contributed by atoms with Gasteiger partial charge in [0.25, 0.3) is 0 Å². The van der Waals surface area contributed by atoms with Gasteiger partial charge in [-0.25, -0.2) is 0 Å². The highest BCUT2D eigenvalue weighted by molar-refractivity contribution is 5.75. The van der Waals surface area contributed by atoms with Crippen LogP contribution in [0.25, 0.3) is 6.08 Å². The fraction of sp³-hybridized carbons (Fsp3) is 0.550. The number of morpholine rings is 1. The molecule has 0 atom stereocenters. The quantitative estimate of drug-likeness (QED) is 0.831. The van der Waals surface area contributed by atoms with E-state index in [4.69, 9.17) is 15.2 Å². The topological polar surface area (TPSA) is 68.0 Å². The van der Waals surface area contributed by atoms with E-state index in [-0.39, 0.29) is 11.5 Å². The van der Waals surface area contributed by atoms with Crippen molar-refractivity contribution < 1.29 is 14.3 Å². The van der Waals surface area contributed by atoms with Crippen LogP contribution >= 0.6 is 0 Å². The van der Waals surface area contributed by atoms with Crippen LogP contribution in [0.15, 0.2) is 30.3 Å². The Kier molecular flexibility index (Phi) is 6.29. The maximum absolute atomic E-state index is 11.2. The van der Waals surface area contributed by atoms with Gasteiger partial charge >= 0.3 is 0 Å². The van der Waals surface area contributed by atoms with Crippen LogP contribution in [0.2, 0.25) is 0 Å². The molecule has 0 saturated carbocycles. The Morgan fingerprint density at radius 2 is 1.96 bits per heavy atom. The highest BCUT2D eigenvalue weighted by Gasteiger charge is 2.39. The molecule has 1 amide bonds. The van der Waals surface area contributed by atoms with Gasteiger partial charge in [-0.1, -0.05) is 24.3 Å². The summed E-state index contributed by atoms with van der Waals surface area (Å²) in [7, 11) is 1.68. The largest absolute Gasteiger partial charge is 0.497 e. The van der Waals surface area contributed by atoms with Crippen LogP contribution in [0.1, 0.15) is 18.4 Å². The SMILES string of the molecule is COc1ccc(/C=C/CN2CCC3(CC2)CN(CC(N)=O)CCO3)cc1. The van der Waals surface area contributed by atoms with Crippen molar-refractivity contribution in [2.24, 2.45) is 5.73 Å². The summed E-state index contributed by atoms with van der Waals surface area (Å²) in [6.07, 6.45) is 6.35. The molecule has 2 heterocycles. The Hall–Kier alpha value is -1.89. The Morgan fingerprint density at radius 1 is 1.23 bits per heavy atom. The molecule has 1 spiro atoms. The van der Waals surface area contributed by atoms with Gasteiger partial charge in [0.2, 0.25) is 5.91 Å². The minimum Gasteiger partial charge on any atom is -0.497 e. The van der Waals surface area contributed by atoms with E-state index in [9.17, 15) is 4.79 Å². The third-order valence-electron chi connectivity index (χ3n) is 5.26. The van der Waals surface area contributed by atoms with Crippen molar-refractivity contribution in [2.45, 2.75) is 18.4 Å². The standard InChI is InChI=1S/C20H29N3O3/c1-25-18-6-4-17(5-7-18)3-2-10-22-11-8-20(9-12-22)16-23(13-14-26-20)15-19(21)24/h2-7H,8-16H2,1H3,(H2,21,24)/b3-2+. The summed E-state index contributed by atoms with van der Waals surface area (Å²) in [5, 5.41) is 0. The van der Waals surface area contributed by atoms with Crippen LogP contribution < -0.4 is 10.5 Å². The van der Waals surface area contributed by atoms with Gasteiger partial charge in [0.1, 0.15) is 5.75 Å². The van der Waals surface area contributed by atoms with Gasteiger partial charge in [-0.3, -0.25) is 14.6 Å². The second-order valence-corrected chi connectivity index (χ2v) is 7.18. The molecule has 2 N–H and O–H groups in total. The molecule has 0 bridgehead atoms. The maximum Gasteiger partial charge on any atom is 0.231 e. The summed E-state index contributed by atoms with van der Waals surface area (Å²) < 4.78 is 11.3. The summed E-state index contributed by atoms with van der Waals surface area (Å²) >= 11 is 0. The Bertz CT molecular complexity index is 622. The molecule has 1 aromatic rings. The number of carbonyl (C=O) groups is 1. The third kappa shape index (κ3) is 5.06. The molecule has 0 unspecified atom stereocenters. The molecule has 6 nitrogen and oxygen atoms in total. The van der Waals surface area contributed by atoms with E-state index >= 15 is 0 Å². The first-order valence-corrected chi connectivity index (χ1v) is 9.26. The van der Waals surface area contributed by atoms with Gasteiger partial charge in [-0.2, -0.15) is 0 Å². The zero-order chi connectivity index (χ0) is 18.4. The average Bonchev–Trinajstić information content (AvgIpc) is 2.64. The van der Waals surface area contributed by atoms with E-state index < -0.39 is 0 Å². The van der Waals surface area contributed by atoms with E-state index in [1.807, 2.05) is 12.1 Å². The fourth-order valence-corrected chi connectivity index (χ4v) is 3.78. The molecule has 1 aromatic carbocycles. The summed E-state index contributed by atoms with van der Waals surface area (Å²) in [6.45, 7) is 5.58. The number of piperidine rings is 1. The molecule has 2 fully saturated rings. The van der Waals surface area contributed by atoms with Gasteiger partial charge in [0.05, 0.1) is 25.9 Å². The predicted molar refractivity (Wildman–Crippen MR) is 102 cm³/mol. The number of hydrogen-bond donors (Lipinski definition) is 1. The van der Waals surface area contributed by atoms with Crippen LogP contribution in [-0.4, -0.2) is 74.3 Å². The van der Waals surface area contributed by atoms with Gasteiger partial charge < -0.3 is 15.2 Å². The second-order valence-electron chi connectivity index (χ2n) is 7.18. The first-order valence-electron chi connectivity index (χ1n) is 9.26. The van der Waals surface area contributed by atoms with Crippen molar-refractivity contribution in [3.05, 3.63) is 35.9 Å². The van der Waals surface area contributed by atoms with Crippen LogP contribution in [0.5, 0.6) is 5.75 Å². The Balaban J connectivity index is 1.45. The smallest absolute Gasteiger partial charge is 0.231 e. The molecule has 6 heteroatoms. The Morgan fingerprint density at radius 3 is 2.62 bits per heavy atom. The van der Waals surface area contributed by atoms with Crippen LogP contribution in [0.4, 0.5) is 0 Å². The fourth-order valence-electron chi connectivity index (χ4n) is 3.78. The number of methoxy groups -OCH3 is 1. The maximum atomic E-state index is 11.2. The van der Waals surface area contributed by atoms with Crippen LogP contribution in [0.3, 0.4) is 0 Å². The van der Waals surface area contributed by atoms with Crippen molar-refractivity contribution in [1.82, 2.24) is 9.80 Å². The highest BCUT2D eigenvalue weighted by Crippen LogP contribution is 2.30. The predicted octanol–water partition coefficient (Wildman–Crippen LogP) is 1.36. The lowest BCUT2D eigenvalue weighted by molar-refractivity contribution is -0.141. The number of carbonyl (C=O) groups excluding carboxylic acids is 1. The first-order chi connectivity index (χ1) is 12.6. The minimum atomic E-state index is -0.261. The average molecular weight is 359 g/mol. The summed E-state index contributed by atoms with van der Waals surface area (Å²) in [5.74, 6) is 0.615. The molecule has 2 aliphatic rings. The first kappa shape index (κ1) is 18.9. The van der Waals surface area contributed by atoms with Crippen molar-refractivity contribution in [3.63, 3.8) is 0 Å². The molecular weight excluding hydrogens is 330 g/mol. The summed E-state index contributed by atoms with van der Waals surface area (Å²) in [6, 6.07) is 8.07. The van der Waals surface area contributed by atoms with E-state index in [2.05, 4.69) is 34.1 Å². The Labute approximate surface area is 155 Å². The number of amides is 1. The van der Waals surface area contributed by atoms with Gasteiger partial charge in [0, 0.05) is 32.7 Å². The number of benzene rings is 1. The van der Waals surface area contributed by atoms with E-state index in [0.29, 0.717) is 13.2 Å². The number of nitrogens with zero attached hydrogens (tertiary/aromatic N) is 2. The normalized spacial score (nSPS) is 21.3. The second kappa shape index (κ2) is 8.66. The van der Waals surface area contributed by atoms with E-state index in [0.717, 1.165) is 51.3 Å². The number of hydrogen-bond acceptors (Lipinski definition) is 5. The van der Waals surface area contributed by atoms with E-state index in [1.165, 1.54) is 5.56 Å². The minimum absolute atomic E-state index is 0.107. The molecule has 2 saturated heterocycles. The van der Waals surface area contributed by atoms with Crippen LogP contribution in [0, 0.1) is 0 Å². The molecule has 0 radical (unpaired) electrons. The monoisotopic (exact) mass is 359 g/mol. The van der Waals surface area contributed by atoms with Gasteiger partial charge in [0.15, 0.2) is 0 Å². The number of primary amides is 1. The molecule has 0 aromatic heterocycles. The lowest BCUT2D eigenvalue weighted by atomic mass is 9.89. The lowest BCUT2D eigenvalue weighted by Gasteiger charge is -2.47. The number of ether oxygens (including phenoxy) is 2. The molecular formula is C20H29N3O3. The number of nitrogens with two attached hydrogens (primary N) is 1. The van der Waals surface area contributed by atoms with Gasteiger partial charge in [-0.15, -0.1) is 0 Å². The van der Waals surface area contributed by atoms with Crippen molar-refractivity contribution in [3.8, 4) is 5.75 Å². The number of likely N-dealkylation sites (tertiary alicyclic amines) is 1. The van der Waals surface area contributed by atoms with Crippen molar-refractivity contribution in [2.75, 3.05) is 53.0 Å². The molecule has 142 valence electrons. The van der Waals surface area contributed by atoms with Crippen molar-refractivity contribution in [1.29, 1.82) is 0 Å². The lowest BCUT2D eigenvalue weighted by Crippen LogP contribution is -2.57. The van der Waals surface area contributed by atoms with Gasteiger partial charge in [-0.05, 0) is 30.5 Å². The third-order valence-corrected chi connectivity index (χ3v) is 5.26. The molecule has 0 aliphatic carbocycles. The van der Waals surface area contributed by atoms with Crippen molar-refractivity contribution >= 4 is 12.0 Å². The number of rotatable bonds is 6. The molecule has 26 heavy (non-hydrogen) atoms.